The quantitative estimate of drug-likeness (QED) is 0.847. The van der Waals surface area contributed by atoms with Crippen molar-refractivity contribution in [2.75, 3.05) is 5.73 Å². The summed E-state index contributed by atoms with van der Waals surface area (Å²) >= 11 is 0. The van der Waals surface area contributed by atoms with Crippen molar-refractivity contribution in [2.45, 2.75) is 6.18 Å². The fourth-order valence-corrected chi connectivity index (χ4v) is 1.34. The van der Waals surface area contributed by atoms with E-state index in [9.17, 15) is 13.2 Å². The molecule has 1 heterocycles. The molecule has 0 unspecified atom stereocenters. The van der Waals surface area contributed by atoms with Gasteiger partial charge in [0.05, 0.1) is 5.56 Å². The van der Waals surface area contributed by atoms with Crippen LogP contribution < -0.4 is 5.73 Å². The van der Waals surface area contributed by atoms with Crippen molar-refractivity contribution >= 4 is 5.88 Å². The summed E-state index contributed by atoms with van der Waals surface area (Å²) in [5.74, 6) is -0.148. The van der Waals surface area contributed by atoms with E-state index in [0.717, 1.165) is 12.1 Å². The van der Waals surface area contributed by atoms with Crippen LogP contribution in [0.3, 0.4) is 0 Å². The number of oxazole rings is 1. The zero-order valence-electron chi connectivity index (χ0n) is 8.82. The van der Waals surface area contributed by atoms with E-state index in [2.05, 4.69) is 4.98 Å². The van der Waals surface area contributed by atoms with Gasteiger partial charge in [-0.2, -0.15) is 23.4 Å². The lowest BCUT2D eigenvalue weighted by Gasteiger charge is -2.05. The van der Waals surface area contributed by atoms with Crippen LogP contribution in [0.25, 0.3) is 11.5 Å². The Kier molecular flexibility index (Phi) is 2.71. The van der Waals surface area contributed by atoms with Gasteiger partial charge in [-0.25, -0.2) is 0 Å². The summed E-state index contributed by atoms with van der Waals surface area (Å²) in [6.45, 7) is 0. The highest BCUT2D eigenvalue weighted by Crippen LogP contribution is 2.31. The number of rotatable bonds is 1. The lowest BCUT2D eigenvalue weighted by Crippen LogP contribution is -2.03. The molecule has 1 aromatic carbocycles. The second kappa shape index (κ2) is 4.07. The average Bonchev–Trinajstić information content (AvgIpc) is 2.69. The van der Waals surface area contributed by atoms with Crippen LogP contribution in [0.2, 0.25) is 0 Å². The minimum absolute atomic E-state index is 0.0118. The third-order valence-electron chi connectivity index (χ3n) is 2.22. The Hall–Kier alpha value is -2.49. The topological polar surface area (TPSA) is 75.8 Å². The summed E-state index contributed by atoms with van der Waals surface area (Å²) in [7, 11) is 0. The predicted molar refractivity (Wildman–Crippen MR) is 56.1 cm³/mol. The van der Waals surface area contributed by atoms with Gasteiger partial charge >= 0.3 is 6.18 Å². The van der Waals surface area contributed by atoms with Gasteiger partial charge in [0, 0.05) is 5.56 Å². The first-order valence-corrected chi connectivity index (χ1v) is 4.76. The van der Waals surface area contributed by atoms with Gasteiger partial charge in [-0.3, -0.25) is 0 Å². The Morgan fingerprint density at radius 1 is 1.22 bits per heavy atom. The SMILES string of the molecule is N#Cc1nc(-c2ccc(C(F)(F)F)cc2)oc1N. The average molecular weight is 253 g/mol. The molecule has 0 spiro atoms. The summed E-state index contributed by atoms with van der Waals surface area (Å²) in [6, 6.07) is 5.93. The molecule has 0 fully saturated rings. The Morgan fingerprint density at radius 2 is 1.83 bits per heavy atom. The third kappa shape index (κ3) is 2.13. The number of aromatic nitrogens is 1. The van der Waals surface area contributed by atoms with Crippen molar-refractivity contribution in [3.05, 3.63) is 35.5 Å². The number of anilines is 1. The third-order valence-corrected chi connectivity index (χ3v) is 2.22. The number of nitrogens with zero attached hydrogens (tertiary/aromatic N) is 2. The van der Waals surface area contributed by atoms with Crippen LogP contribution >= 0.6 is 0 Å². The second-order valence-corrected chi connectivity index (χ2v) is 3.42. The van der Waals surface area contributed by atoms with Crippen LogP contribution in [0.15, 0.2) is 28.7 Å². The molecule has 0 aliphatic carbocycles. The van der Waals surface area contributed by atoms with Gasteiger partial charge in [0.1, 0.15) is 6.07 Å². The minimum Gasteiger partial charge on any atom is -0.419 e. The minimum atomic E-state index is -4.40. The van der Waals surface area contributed by atoms with Crippen LogP contribution in [0.5, 0.6) is 0 Å². The van der Waals surface area contributed by atoms with Crippen LogP contribution in [-0.2, 0) is 6.18 Å². The molecule has 92 valence electrons. The lowest BCUT2D eigenvalue weighted by atomic mass is 10.1. The molecule has 0 amide bonds. The molecule has 0 atom stereocenters. The first-order valence-electron chi connectivity index (χ1n) is 4.76. The Bertz CT molecular complexity index is 608. The molecular formula is C11H6F3N3O. The van der Waals surface area contributed by atoms with Gasteiger partial charge in [-0.05, 0) is 24.3 Å². The van der Waals surface area contributed by atoms with Gasteiger partial charge < -0.3 is 10.2 Å². The second-order valence-electron chi connectivity index (χ2n) is 3.42. The van der Waals surface area contributed by atoms with Gasteiger partial charge in [0.15, 0.2) is 0 Å². The molecule has 0 bridgehead atoms. The molecule has 18 heavy (non-hydrogen) atoms. The van der Waals surface area contributed by atoms with Gasteiger partial charge in [0.25, 0.3) is 0 Å². The predicted octanol–water partition coefficient (Wildman–Crippen LogP) is 2.81. The van der Waals surface area contributed by atoms with Gasteiger partial charge in [0.2, 0.25) is 17.5 Å². The highest BCUT2D eigenvalue weighted by atomic mass is 19.4. The van der Waals surface area contributed by atoms with E-state index in [4.69, 9.17) is 15.4 Å². The fraction of sp³-hybridized carbons (Fsp3) is 0.0909. The van der Waals surface area contributed by atoms with Crippen LogP contribution in [0, 0.1) is 11.3 Å². The molecule has 0 aliphatic heterocycles. The highest BCUT2D eigenvalue weighted by Gasteiger charge is 2.30. The molecule has 0 radical (unpaired) electrons. The first kappa shape index (κ1) is 12.0. The van der Waals surface area contributed by atoms with Crippen molar-refractivity contribution in [3.8, 4) is 17.5 Å². The first-order chi connectivity index (χ1) is 8.41. The summed E-state index contributed by atoms with van der Waals surface area (Å²) in [5, 5.41) is 8.63. The van der Waals surface area contributed by atoms with Crippen LogP contribution in [-0.4, -0.2) is 4.98 Å². The number of alkyl halides is 3. The number of nitrogens with two attached hydrogens (primary N) is 1. The maximum absolute atomic E-state index is 12.3. The van der Waals surface area contributed by atoms with E-state index in [-0.39, 0.29) is 17.5 Å². The number of benzene rings is 1. The van der Waals surface area contributed by atoms with Gasteiger partial charge in [-0.15, -0.1) is 0 Å². The summed E-state index contributed by atoms with van der Waals surface area (Å²) < 4.78 is 42.0. The fourth-order valence-electron chi connectivity index (χ4n) is 1.34. The van der Waals surface area contributed by atoms with Crippen LogP contribution in [0.4, 0.5) is 19.1 Å². The molecule has 0 saturated heterocycles. The Balaban J connectivity index is 2.38. The molecule has 7 heteroatoms. The van der Waals surface area contributed by atoms with E-state index in [1.807, 2.05) is 0 Å². The van der Waals surface area contributed by atoms with E-state index >= 15 is 0 Å². The number of hydrogen-bond donors (Lipinski definition) is 1. The number of hydrogen-bond acceptors (Lipinski definition) is 4. The Labute approximate surface area is 99.5 Å². The summed E-state index contributed by atoms with van der Waals surface area (Å²) in [4.78, 5) is 3.76. The number of halogens is 3. The van der Waals surface area contributed by atoms with E-state index < -0.39 is 11.7 Å². The largest absolute Gasteiger partial charge is 0.419 e. The molecule has 2 aromatic rings. The number of nitrogen functional groups attached to an aromatic ring is 1. The maximum Gasteiger partial charge on any atom is 0.416 e. The van der Waals surface area contributed by atoms with E-state index in [1.54, 1.807) is 6.07 Å². The monoisotopic (exact) mass is 253 g/mol. The van der Waals surface area contributed by atoms with E-state index in [0.29, 0.717) is 5.56 Å². The Morgan fingerprint density at radius 3 is 2.28 bits per heavy atom. The lowest BCUT2D eigenvalue weighted by molar-refractivity contribution is -0.137. The highest BCUT2D eigenvalue weighted by molar-refractivity contribution is 5.58. The molecular weight excluding hydrogens is 247 g/mol. The zero-order valence-corrected chi connectivity index (χ0v) is 8.82. The summed E-state index contributed by atoms with van der Waals surface area (Å²) in [6.07, 6.45) is -4.40. The van der Waals surface area contributed by atoms with Crippen molar-refractivity contribution in [1.82, 2.24) is 4.98 Å². The van der Waals surface area contributed by atoms with E-state index in [1.165, 1.54) is 12.1 Å². The standard InChI is InChI=1S/C11H6F3N3O/c12-11(13,14)7-3-1-6(2-4-7)10-17-8(5-15)9(16)18-10/h1-4H,16H2. The smallest absolute Gasteiger partial charge is 0.416 e. The summed E-state index contributed by atoms with van der Waals surface area (Å²) in [5.41, 5.74) is 4.81. The molecule has 0 saturated carbocycles. The van der Waals surface area contributed by atoms with Crippen LogP contribution in [0.1, 0.15) is 11.3 Å². The molecule has 2 N–H and O–H groups in total. The normalized spacial score (nSPS) is 11.2. The van der Waals surface area contributed by atoms with Crippen molar-refractivity contribution in [2.24, 2.45) is 0 Å². The van der Waals surface area contributed by atoms with Crippen molar-refractivity contribution in [1.29, 1.82) is 5.26 Å². The molecule has 1 aromatic heterocycles. The molecule has 4 nitrogen and oxygen atoms in total. The van der Waals surface area contributed by atoms with Crippen molar-refractivity contribution < 1.29 is 17.6 Å². The molecule has 0 aliphatic rings. The van der Waals surface area contributed by atoms with Gasteiger partial charge in [-0.1, -0.05) is 0 Å². The number of nitriles is 1. The zero-order chi connectivity index (χ0) is 13.3. The van der Waals surface area contributed by atoms with Crippen molar-refractivity contribution in [3.63, 3.8) is 0 Å². The maximum atomic E-state index is 12.3. The molecule has 2 rings (SSSR count).